The van der Waals surface area contributed by atoms with E-state index in [1.807, 2.05) is 31.2 Å². The van der Waals surface area contributed by atoms with Gasteiger partial charge in [-0.05, 0) is 36.8 Å². The first-order valence-corrected chi connectivity index (χ1v) is 7.25. The van der Waals surface area contributed by atoms with E-state index in [0.29, 0.717) is 30.2 Å². The van der Waals surface area contributed by atoms with E-state index < -0.39 is 6.10 Å². The number of anilines is 2. The molecule has 1 aliphatic heterocycles. The monoisotopic (exact) mass is 298 g/mol. The summed E-state index contributed by atoms with van der Waals surface area (Å²) in [6.07, 6.45) is -0.135. The lowest BCUT2D eigenvalue weighted by Crippen LogP contribution is -2.38. The zero-order valence-corrected chi connectivity index (χ0v) is 12.3. The normalized spacial score (nSPS) is 16.4. The number of carbonyl (C=O) groups excluding carboxylic acids is 1. The van der Waals surface area contributed by atoms with Gasteiger partial charge in [-0.3, -0.25) is 4.79 Å². The Morgan fingerprint density at radius 2 is 2.09 bits per heavy atom. The van der Waals surface area contributed by atoms with Crippen LogP contribution in [-0.4, -0.2) is 18.6 Å². The summed E-state index contributed by atoms with van der Waals surface area (Å²) in [5.74, 6) is 1.24. The predicted molar refractivity (Wildman–Crippen MR) is 85.2 cm³/mol. The molecule has 1 amide bonds. The lowest BCUT2D eigenvalue weighted by atomic mass is 10.0. The highest BCUT2D eigenvalue weighted by Gasteiger charge is 2.28. The number of nitrogen functional groups attached to an aromatic ring is 1. The first kappa shape index (κ1) is 14.3. The van der Waals surface area contributed by atoms with Gasteiger partial charge in [0.05, 0.1) is 12.3 Å². The summed E-state index contributed by atoms with van der Waals surface area (Å²) in [7, 11) is 0. The molecule has 5 nitrogen and oxygen atoms in total. The molecule has 2 aromatic carbocycles. The average molecular weight is 298 g/mol. The van der Waals surface area contributed by atoms with Crippen molar-refractivity contribution in [1.29, 1.82) is 0 Å². The second kappa shape index (κ2) is 5.97. The van der Waals surface area contributed by atoms with Crippen LogP contribution in [0.4, 0.5) is 11.4 Å². The number of carbonyl (C=O) groups is 1. The summed E-state index contributed by atoms with van der Waals surface area (Å²) < 4.78 is 11.4. The third-order valence-corrected chi connectivity index (χ3v) is 3.50. The topological polar surface area (TPSA) is 73.6 Å². The fourth-order valence-corrected chi connectivity index (χ4v) is 2.47. The smallest absolute Gasteiger partial charge is 0.265 e. The first-order valence-electron chi connectivity index (χ1n) is 7.25. The highest BCUT2D eigenvalue weighted by Crippen LogP contribution is 2.32. The molecule has 0 spiro atoms. The lowest BCUT2D eigenvalue weighted by molar-refractivity contribution is -0.123. The van der Waals surface area contributed by atoms with Crippen LogP contribution in [0.5, 0.6) is 11.5 Å². The van der Waals surface area contributed by atoms with Crippen molar-refractivity contribution in [2.45, 2.75) is 19.4 Å². The molecular formula is C17H18N2O3. The Kier molecular flexibility index (Phi) is 3.87. The van der Waals surface area contributed by atoms with E-state index in [1.165, 1.54) is 0 Å². The maximum atomic E-state index is 12.2. The van der Waals surface area contributed by atoms with Crippen LogP contribution in [0.3, 0.4) is 0 Å². The van der Waals surface area contributed by atoms with Gasteiger partial charge in [-0.2, -0.15) is 0 Å². The lowest BCUT2D eigenvalue weighted by Gasteiger charge is -2.26. The summed E-state index contributed by atoms with van der Waals surface area (Å²) in [4.78, 5) is 12.2. The minimum absolute atomic E-state index is 0.176. The first-order chi connectivity index (χ1) is 10.7. The summed E-state index contributed by atoms with van der Waals surface area (Å²) in [6, 6.07) is 12.9. The van der Waals surface area contributed by atoms with Crippen LogP contribution >= 0.6 is 0 Å². The Morgan fingerprint density at radius 3 is 2.91 bits per heavy atom. The van der Waals surface area contributed by atoms with E-state index in [4.69, 9.17) is 15.2 Å². The molecule has 1 atom stereocenters. The summed E-state index contributed by atoms with van der Waals surface area (Å²) in [5.41, 5.74) is 7.86. The molecule has 1 aliphatic rings. The number of ether oxygens (including phenoxy) is 2. The quantitative estimate of drug-likeness (QED) is 0.851. The van der Waals surface area contributed by atoms with Crippen molar-refractivity contribution >= 4 is 17.3 Å². The molecular weight excluding hydrogens is 280 g/mol. The molecule has 5 heteroatoms. The van der Waals surface area contributed by atoms with Crippen molar-refractivity contribution in [2.75, 3.05) is 17.7 Å². The van der Waals surface area contributed by atoms with Gasteiger partial charge in [-0.15, -0.1) is 0 Å². The maximum absolute atomic E-state index is 12.2. The summed E-state index contributed by atoms with van der Waals surface area (Å²) in [5, 5.41) is 2.84. The van der Waals surface area contributed by atoms with Gasteiger partial charge in [0.15, 0.2) is 6.10 Å². The highest BCUT2D eigenvalue weighted by molar-refractivity contribution is 5.98. The largest absolute Gasteiger partial charge is 0.494 e. The Hall–Kier alpha value is -2.69. The van der Waals surface area contributed by atoms with Crippen LogP contribution in [0.25, 0.3) is 0 Å². The van der Waals surface area contributed by atoms with Crippen molar-refractivity contribution in [3.05, 3.63) is 48.0 Å². The predicted octanol–water partition coefficient (Wildman–Crippen LogP) is 2.61. The van der Waals surface area contributed by atoms with Gasteiger partial charge in [-0.25, -0.2) is 0 Å². The summed E-state index contributed by atoms with van der Waals surface area (Å²) in [6.45, 7) is 2.51. The third kappa shape index (κ3) is 2.83. The minimum atomic E-state index is -0.585. The number of para-hydroxylation sites is 1. The number of hydrogen-bond acceptors (Lipinski definition) is 4. The number of fused-ring (bicyclic) bond motifs is 1. The van der Waals surface area contributed by atoms with Gasteiger partial charge in [0.25, 0.3) is 5.91 Å². The second-order valence-electron chi connectivity index (χ2n) is 5.10. The van der Waals surface area contributed by atoms with Crippen molar-refractivity contribution < 1.29 is 14.3 Å². The minimum Gasteiger partial charge on any atom is -0.494 e. The van der Waals surface area contributed by atoms with E-state index in [1.54, 1.807) is 18.2 Å². The van der Waals surface area contributed by atoms with Gasteiger partial charge in [0.2, 0.25) is 0 Å². The molecule has 1 unspecified atom stereocenters. The Bertz CT molecular complexity index is 700. The molecule has 0 radical (unpaired) electrons. The van der Waals surface area contributed by atoms with Gasteiger partial charge >= 0.3 is 0 Å². The van der Waals surface area contributed by atoms with E-state index in [0.717, 1.165) is 11.3 Å². The van der Waals surface area contributed by atoms with E-state index >= 15 is 0 Å². The van der Waals surface area contributed by atoms with Crippen molar-refractivity contribution in [2.24, 2.45) is 0 Å². The molecule has 0 saturated carbocycles. The molecule has 0 aliphatic carbocycles. The molecule has 2 aromatic rings. The number of rotatable bonds is 4. The van der Waals surface area contributed by atoms with Crippen LogP contribution in [0.2, 0.25) is 0 Å². The van der Waals surface area contributed by atoms with Crippen molar-refractivity contribution in [3.63, 3.8) is 0 Å². The second-order valence-corrected chi connectivity index (χ2v) is 5.10. The molecule has 0 fully saturated rings. The molecule has 0 saturated heterocycles. The molecule has 3 N–H and O–H groups in total. The van der Waals surface area contributed by atoms with Gasteiger partial charge in [-0.1, -0.05) is 18.2 Å². The van der Waals surface area contributed by atoms with Crippen LogP contribution in [0, 0.1) is 0 Å². The highest BCUT2D eigenvalue weighted by atomic mass is 16.5. The fraction of sp³-hybridized carbons (Fsp3) is 0.235. The SMILES string of the molecule is CCOc1ccccc1CC1Oc2ccc(N)cc2NC1=O. The molecule has 0 aromatic heterocycles. The molecule has 1 heterocycles. The van der Waals surface area contributed by atoms with Crippen molar-refractivity contribution in [3.8, 4) is 11.5 Å². The number of nitrogens with two attached hydrogens (primary N) is 1. The Balaban J connectivity index is 1.82. The number of nitrogens with one attached hydrogen (secondary N) is 1. The van der Waals surface area contributed by atoms with Crippen LogP contribution < -0.4 is 20.5 Å². The molecule has 22 heavy (non-hydrogen) atoms. The maximum Gasteiger partial charge on any atom is 0.265 e. The summed E-state index contributed by atoms with van der Waals surface area (Å²) >= 11 is 0. The fourth-order valence-electron chi connectivity index (χ4n) is 2.47. The molecule has 0 bridgehead atoms. The average Bonchev–Trinajstić information content (AvgIpc) is 2.50. The van der Waals surface area contributed by atoms with E-state index in [2.05, 4.69) is 5.32 Å². The molecule has 114 valence electrons. The van der Waals surface area contributed by atoms with E-state index in [9.17, 15) is 4.79 Å². The van der Waals surface area contributed by atoms with E-state index in [-0.39, 0.29) is 5.91 Å². The zero-order valence-electron chi connectivity index (χ0n) is 12.3. The number of benzene rings is 2. The standard InChI is InChI=1S/C17H18N2O3/c1-2-21-14-6-4-3-5-11(14)9-16-17(20)19-13-10-12(18)7-8-15(13)22-16/h3-8,10,16H,2,9,18H2,1H3,(H,19,20). The zero-order chi connectivity index (χ0) is 15.5. The van der Waals surface area contributed by atoms with Crippen LogP contribution in [-0.2, 0) is 11.2 Å². The Morgan fingerprint density at radius 1 is 1.27 bits per heavy atom. The van der Waals surface area contributed by atoms with Gasteiger partial charge in [0.1, 0.15) is 11.5 Å². The third-order valence-electron chi connectivity index (χ3n) is 3.50. The van der Waals surface area contributed by atoms with Gasteiger partial charge in [0, 0.05) is 12.1 Å². The van der Waals surface area contributed by atoms with Crippen LogP contribution in [0.1, 0.15) is 12.5 Å². The molecule has 3 rings (SSSR count). The van der Waals surface area contributed by atoms with Gasteiger partial charge < -0.3 is 20.5 Å². The van der Waals surface area contributed by atoms with Crippen molar-refractivity contribution in [1.82, 2.24) is 0 Å². The van der Waals surface area contributed by atoms with Crippen LogP contribution in [0.15, 0.2) is 42.5 Å². The number of hydrogen-bond donors (Lipinski definition) is 2. The number of amides is 1. The Labute approximate surface area is 129 Å².